The third-order valence-electron chi connectivity index (χ3n) is 4.75. The molecule has 0 aliphatic heterocycles. The lowest BCUT2D eigenvalue weighted by molar-refractivity contribution is -0.129. The molecule has 0 fully saturated rings. The monoisotopic (exact) mass is 388 g/mol. The minimum Gasteiger partial charge on any atom is -0.342 e. The molecule has 0 spiro atoms. The summed E-state index contributed by atoms with van der Waals surface area (Å²) in [6.07, 6.45) is 0. The van der Waals surface area contributed by atoms with Crippen LogP contribution in [0.15, 0.2) is 29.4 Å². The molecule has 0 aliphatic carbocycles. The number of thioether (sulfide) groups is 1. The molecule has 148 valence electrons. The molecular weight excluding hydrogens is 356 g/mol. The minimum atomic E-state index is -0.185. The Hall–Kier alpha value is -1.82. The summed E-state index contributed by atoms with van der Waals surface area (Å²) in [5.74, 6) is 0.995. The van der Waals surface area contributed by atoms with E-state index in [2.05, 4.69) is 66.7 Å². The predicted molar refractivity (Wildman–Crippen MR) is 113 cm³/mol. The summed E-state index contributed by atoms with van der Waals surface area (Å²) in [5.41, 5.74) is 2.46. The van der Waals surface area contributed by atoms with Crippen LogP contribution < -0.4 is 0 Å². The highest BCUT2D eigenvalue weighted by Gasteiger charge is 2.23. The number of hydrogen-bond donors (Lipinski definition) is 0. The molecular formula is C21H32N4OS. The van der Waals surface area contributed by atoms with E-state index < -0.39 is 0 Å². The highest BCUT2D eigenvalue weighted by molar-refractivity contribution is 8.00. The van der Waals surface area contributed by atoms with Crippen LogP contribution >= 0.6 is 11.8 Å². The number of rotatable bonds is 7. The van der Waals surface area contributed by atoms with E-state index in [1.165, 1.54) is 17.3 Å². The molecule has 0 radical (unpaired) electrons. The summed E-state index contributed by atoms with van der Waals surface area (Å²) in [6.45, 7) is 16.9. The van der Waals surface area contributed by atoms with Gasteiger partial charge in [-0.15, -0.1) is 10.2 Å². The van der Waals surface area contributed by atoms with Gasteiger partial charge in [0.15, 0.2) is 11.0 Å². The Morgan fingerprint density at radius 2 is 1.70 bits per heavy atom. The molecule has 2 rings (SSSR count). The van der Waals surface area contributed by atoms with Gasteiger partial charge in [0, 0.05) is 25.2 Å². The van der Waals surface area contributed by atoms with Crippen molar-refractivity contribution in [2.45, 2.75) is 70.8 Å². The van der Waals surface area contributed by atoms with Crippen molar-refractivity contribution in [3.63, 3.8) is 0 Å². The van der Waals surface area contributed by atoms with Gasteiger partial charge in [-0.3, -0.25) is 4.79 Å². The fourth-order valence-corrected chi connectivity index (χ4v) is 3.99. The van der Waals surface area contributed by atoms with Crippen molar-refractivity contribution in [2.24, 2.45) is 0 Å². The fraction of sp³-hybridized carbons (Fsp3) is 0.571. The quantitative estimate of drug-likeness (QED) is 0.650. The van der Waals surface area contributed by atoms with Crippen molar-refractivity contribution < 1.29 is 4.79 Å². The Labute approximate surface area is 167 Å². The van der Waals surface area contributed by atoms with Gasteiger partial charge in [-0.05, 0) is 38.7 Å². The summed E-state index contributed by atoms with van der Waals surface area (Å²) in [5, 5.41) is 9.39. The summed E-state index contributed by atoms with van der Waals surface area (Å²) < 4.78 is 2.09. The molecule has 2 aromatic rings. The lowest BCUT2D eigenvalue weighted by atomic mass is 9.87. The zero-order valence-electron chi connectivity index (χ0n) is 17.6. The number of nitrogens with zero attached hydrogens (tertiary/aromatic N) is 4. The predicted octanol–water partition coefficient (Wildman–Crippen LogP) is 4.61. The number of carbonyl (C=O) groups is 1. The minimum absolute atomic E-state index is 0.123. The molecule has 27 heavy (non-hydrogen) atoms. The normalized spacial score (nSPS) is 12.9. The number of amides is 1. The second-order valence-electron chi connectivity index (χ2n) is 7.65. The zero-order chi connectivity index (χ0) is 20.2. The average molecular weight is 389 g/mol. The van der Waals surface area contributed by atoms with Gasteiger partial charge in [0.1, 0.15) is 0 Å². The summed E-state index contributed by atoms with van der Waals surface area (Å²) in [7, 11) is 0. The Bertz CT molecular complexity index is 757. The van der Waals surface area contributed by atoms with Crippen LogP contribution in [0.3, 0.4) is 0 Å². The van der Waals surface area contributed by atoms with E-state index in [9.17, 15) is 4.79 Å². The third kappa shape index (κ3) is 4.92. The van der Waals surface area contributed by atoms with Crippen molar-refractivity contribution >= 4 is 17.7 Å². The molecule has 1 amide bonds. The van der Waals surface area contributed by atoms with Crippen LogP contribution in [0.4, 0.5) is 0 Å². The van der Waals surface area contributed by atoms with Gasteiger partial charge in [-0.25, -0.2) is 0 Å². The molecule has 5 nitrogen and oxygen atoms in total. The first kappa shape index (κ1) is 21.5. The van der Waals surface area contributed by atoms with E-state index in [0.717, 1.165) is 36.2 Å². The van der Waals surface area contributed by atoms with Gasteiger partial charge < -0.3 is 9.47 Å². The highest BCUT2D eigenvalue weighted by atomic mass is 32.2. The van der Waals surface area contributed by atoms with Crippen LogP contribution in [-0.2, 0) is 16.8 Å². The Kier molecular flexibility index (Phi) is 7.09. The van der Waals surface area contributed by atoms with Crippen LogP contribution in [-0.4, -0.2) is 43.9 Å². The lowest BCUT2D eigenvalue weighted by Gasteiger charge is -2.22. The van der Waals surface area contributed by atoms with E-state index in [1.54, 1.807) is 0 Å². The maximum atomic E-state index is 12.6. The Balaban J connectivity index is 2.25. The molecule has 0 N–H and O–H groups in total. The molecule has 6 heteroatoms. The topological polar surface area (TPSA) is 51.0 Å². The first-order valence-corrected chi connectivity index (χ1v) is 10.6. The molecule has 0 bridgehead atoms. The van der Waals surface area contributed by atoms with Crippen LogP contribution in [0.5, 0.6) is 0 Å². The number of hydrogen-bond acceptors (Lipinski definition) is 4. The van der Waals surface area contributed by atoms with Crippen LogP contribution in [0.2, 0.25) is 0 Å². The zero-order valence-corrected chi connectivity index (χ0v) is 18.4. The van der Waals surface area contributed by atoms with Gasteiger partial charge in [-0.1, -0.05) is 56.8 Å². The Morgan fingerprint density at radius 3 is 2.19 bits per heavy atom. The summed E-state index contributed by atoms with van der Waals surface area (Å²) in [6, 6.07) is 8.53. The van der Waals surface area contributed by atoms with Gasteiger partial charge in [-0.2, -0.15) is 0 Å². The summed E-state index contributed by atoms with van der Waals surface area (Å²) >= 11 is 1.48. The maximum absolute atomic E-state index is 12.6. The van der Waals surface area contributed by atoms with Crippen molar-refractivity contribution in [3.8, 4) is 11.4 Å². The van der Waals surface area contributed by atoms with Crippen molar-refractivity contribution in [1.29, 1.82) is 0 Å². The average Bonchev–Trinajstić information content (AvgIpc) is 3.04. The maximum Gasteiger partial charge on any atom is 0.235 e. The van der Waals surface area contributed by atoms with Crippen molar-refractivity contribution in [3.05, 3.63) is 29.8 Å². The highest BCUT2D eigenvalue weighted by Crippen LogP contribution is 2.29. The van der Waals surface area contributed by atoms with Crippen molar-refractivity contribution in [2.75, 3.05) is 13.1 Å². The second kappa shape index (κ2) is 8.91. The summed E-state index contributed by atoms with van der Waals surface area (Å²) in [4.78, 5) is 14.4. The number of carbonyl (C=O) groups excluding carboxylic acids is 1. The van der Waals surface area contributed by atoms with Gasteiger partial charge in [0.05, 0.1) is 5.25 Å². The van der Waals surface area contributed by atoms with E-state index in [4.69, 9.17) is 0 Å². The molecule has 1 aromatic carbocycles. The SMILES string of the molecule is CCN(CC)C(=O)C(C)Sc1nnc(-c2ccc(C(C)(C)C)cc2)n1CC. The second-order valence-corrected chi connectivity index (χ2v) is 8.96. The number of aromatic nitrogens is 3. The Morgan fingerprint density at radius 1 is 1.11 bits per heavy atom. The van der Waals surface area contributed by atoms with E-state index in [1.807, 2.05) is 25.7 Å². The van der Waals surface area contributed by atoms with Crippen LogP contribution in [0.1, 0.15) is 54.0 Å². The third-order valence-corrected chi connectivity index (χ3v) is 5.82. The largest absolute Gasteiger partial charge is 0.342 e. The van der Waals surface area contributed by atoms with Crippen LogP contribution in [0, 0.1) is 0 Å². The first-order valence-electron chi connectivity index (χ1n) is 9.72. The molecule has 0 saturated heterocycles. The van der Waals surface area contributed by atoms with E-state index in [0.29, 0.717) is 0 Å². The van der Waals surface area contributed by atoms with Crippen molar-refractivity contribution in [1.82, 2.24) is 19.7 Å². The smallest absolute Gasteiger partial charge is 0.235 e. The van der Waals surface area contributed by atoms with Crippen LogP contribution in [0.25, 0.3) is 11.4 Å². The molecule has 1 atom stereocenters. The molecule has 0 saturated carbocycles. The standard InChI is InChI=1S/C21H32N4OS/c1-8-24(9-2)19(26)15(4)27-20-23-22-18(25(20)10-3)16-11-13-17(14-12-16)21(5,6)7/h11-15H,8-10H2,1-7H3. The molecule has 1 heterocycles. The fourth-order valence-electron chi connectivity index (χ4n) is 2.99. The first-order chi connectivity index (χ1) is 12.7. The van der Waals surface area contributed by atoms with Gasteiger partial charge in [0.25, 0.3) is 0 Å². The number of benzene rings is 1. The lowest BCUT2D eigenvalue weighted by Crippen LogP contribution is -2.36. The molecule has 0 aliphatic rings. The molecule has 1 aromatic heterocycles. The van der Waals surface area contributed by atoms with E-state index in [-0.39, 0.29) is 16.6 Å². The van der Waals surface area contributed by atoms with E-state index >= 15 is 0 Å². The van der Waals surface area contributed by atoms with Gasteiger partial charge >= 0.3 is 0 Å². The molecule has 1 unspecified atom stereocenters. The van der Waals surface area contributed by atoms with Gasteiger partial charge in [0.2, 0.25) is 5.91 Å².